The van der Waals surface area contributed by atoms with Crippen molar-refractivity contribution in [2.24, 2.45) is 5.92 Å². The number of aromatic nitrogens is 1. The molecule has 1 amide bonds. The second-order valence-electron chi connectivity index (χ2n) is 5.32. The highest BCUT2D eigenvalue weighted by molar-refractivity contribution is 9.10. The molecule has 2 atom stereocenters. The van der Waals surface area contributed by atoms with Crippen LogP contribution >= 0.6 is 15.9 Å². The van der Waals surface area contributed by atoms with Gasteiger partial charge in [-0.3, -0.25) is 9.78 Å². The van der Waals surface area contributed by atoms with Crippen LogP contribution < -0.4 is 5.32 Å². The number of ether oxygens (including phenoxy) is 1. The van der Waals surface area contributed by atoms with Gasteiger partial charge in [-0.25, -0.2) is 0 Å². The highest BCUT2D eigenvalue weighted by Crippen LogP contribution is 2.25. The van der Waals surface area contributed by atoms with Crippen LogP contribution in [0.4, 0.5) is 0 Å². The third kappa shape index (κ3) is 4.56. The highest BCUT2D eigenvalue weighted by Gasteiger charge is 2.21. The van der Waals surface area contributed by atoms with Crippen LogP contribution in [0.25, 0.3) is 0 Å². The lowest BCUT2D eigenvalue weighted by Gasteiger charge is -2.28. The van der Waals surface area contributed by atoms with Crippen molar-refractivity contribution in [1.29, 1.82) is 0 Å². The largest absolute Gasteiger partial charge is 0.376 e. The van der Waals surface area contributed by atoms with Gasteiger partial charge in [0.1, 0.15) is 0 Å². The van der Waals surface area contributed by atoms with E-state index in [0.717, 1.165) is 10.9 Å². The molecule has 0 bridgehead atoms. The molecule has 1 aromatic rings. The van der Waals surface area contributed by atoms with E-state index in [1.165, 1.54) is 19.3 Å². The Morgan fingerprint density at radius 1 is 1.45 bits per heavy atom. The number of pyridine rings is 1. The molecule has 1 aliphatic carbocycles. The second-order valence-corrected chi connectivity index (χ2v) is 6.23. The summed E-state index contributed by atoms with van der Waals surface area (Å²) in [7, 11) is 0. The summed E-state index contributed by atoms with van der Waals surface area (Å²) in [6.45, 7) is 3.35. The third-order valence-electron chi connectivity index (χ3n) is 3.72. The van der Waals surface area contributed by atoms with Crippen molar-refractivity contribution in [3.8, 4) is 0 Å². The van der Waals surface area contributed by atoms with Crippen molar-refractivity contribution in [1.82, 2.24) is 10.3 Å². The van der Waals surface area contributed by atoms with Gasteiger partial charge in [-0.1, -0.05) is 19.8 Å². The van der Waals surface area contributed by atoms with Crippen LogP contribution in [0.2, 0.25) is 0 Å². The van der Waals surface area contributed by atoms with Gasteiger partial charge in [0, 0.05) is 23.4 Å². The van der Waals surface area contributed by atoms with Gasteiger partial charge in [0.25, 0.3) is 5.91 Å². The molecule has 1 N–H and O–H groups in total. The van der Waals surface area contributed by atoms with Crippen LogP contribution in [0.3, 0.4) is 0 Å². The van der Waals surface area contributed by atoms with Crippen LogP contribution in [-0.4, -0.2) is 30.1 Å². The molecule has 0 radical (unpaired) electrons. The number of hydrogen-bond donors (Lipinski definition) is 1. The monoisotopic (exact) mass is 340 g/mol. The van der Waals surface area contributed by atoms with Crippen LogP contribution in [0, 0.1) is 5.92 Å². The number of amides is 1. The standard InChI is InChI=1S/C15H21BrN2O2/c1-11-4-2-3-5-14(11)20-7-6-18-15(19)12-8-13(16)10-17-9-12/h8-11,14H,2-7H2,1H3,(H,18,19). The predicted octanol–water partition coefficient (Wildman–Crippen LogP) is 3.17. The summed E-state index contributed by atoms with van der Waals surface area (Å²) >= 11 is 3.30. The number of nitrogens with one attached hydrogen (secondary N) is 1. The van der Waals surface area contributed by atoms with Gasteiger partial charge >= 0.3 is 0 Å². The lowest BCUT2D eigenvalue weighted by molar-refractivity contribution is -0.00294. The normalized spacial score (nSPS) is 22.5. The molecule has 1 aromatic heterocycles. The first kappa shape index (κ1) is 15.4. The minimum absolute atomic E-state index is 0.112. The number of hydrogen-bond acceptors (Lipinski definition) is 3. The van der Waals surface area contributed by atoms with Gasteiger partial charge in [0.15, 0.2) is 0 Å². The van der Waals surface area contributed by atoms with E-state index in [1.54, 1.807) is 18.5 Å². The Morgan fingerprint density at radius 3 is 3.00 bits per heavy atom. The highest BCUT2D eigenvalue weighted by atomic mass is 79.9. The Hall–Kier alpha value is -0.940. The summed E-state index contributed by atoms with van der Waals surface area (Å²) in [6, 6.07) is 1.76. The molecular formula is C15H21BrN2O2. The van der Waals surface area contributed by atoms with Crippen molar-refractivity contribution >= 4 is 21.8 Å². The minimum Gasteiger partial charge on any atom is -0.376 e. The maximum absolute atomic E-state index is 11.9. The second kappa shape index (κ2) is 7.74. The molecule has 2 rings (SSSR count). The summed E-state index contributed by atoms with van der Waals surface area (Å²) in [5, 5.41) is 2.86. The molecule has 1 heterocycles. The van der Waals surface area contributed by atoms with E-state index in [0.29, 0.717) is 30.7 Å². The number of carbonyl (C=O) groups excluding carboxylic acids is 1. The van der Waals surface area contributed by atoms with E-state index in [1.807, 2.05) is 0 Å². The van der Waals surface area contributed by atoms with Gasteiger partial charge in [-0.05, 0) is 40.8 Å². The fourth-order valence-electron chi connectivity index (χ4n) is 2.54. The smallest absolute Gasteiger partial charge is 0.252 e. The average Bonchev–Trinajstić information content (AvgIpc) is 2.45. The zero-order valence-corrected chi connectivity index (χ0v) is 13.4. The third-order valence-corrected chi connectivity index (χ3v) is 4.15. The first-order chi connectivity index (χ1) is 9.66. The summed E-state index contributed by atoms with van der Waals surface area (Å²) in [6.07, 6.45) is 8.53. The van der Waals surface area contributed by atoms with E-state index in [-0.39, 0.29) is 5.91 Å². The van der Waals surface area contributed by atoms with Gasteiger partial charge in [0.2, 0.25) is 0 Å². The molecule has 110 valence electrons. The molecule has 0 aromatic carbocycles. The van der Waals surface area contributed by atoms with Gasteiger partial charge in [-0.15, -0.1) is 0 Å². The number of nitrogens with zero attached hydrogens (tertiary/aromatic N) is 1. The average molecular weight is 341 g/mol. The van der Waals surface area contributed by atoms with Crippen molar-refractivity contribution < 1.29 is 9.53 Å². The van der Waals surface area contributed by atoms with Crippen LogP contribution in [-0.2, 0) is 4.74 Å². The molecule has 0 aliphatic heterocycles. The van der Waals surface area contributed by atoms with Crippen molar-refractivity contribution in [2.75, 3.05) is 13.2 Å². The van der Waals surface area contributed by atoms with Gasteiger partial charge in [0.05, 0.1) is 18.3 Å². The Bertz CT molecular complexity index is 453. The molecule has 1 saturated carbocycles. The van der Waals surface area contributed by atoms with Crippen molar-refractivity contribution in [3.63, 3.8) is 0 Å². The quantitative estimate of drug-likeness (QED) is 0.837. The predicted molar refractivity (Wildman–Crippen MR) is 81.6 cm³/mol. The fourth-order valence-corrected chi connectivity index (χ4v) is 2.91. The zero-order valence-electron chi connectivity index (χ0n) is 11.8. The lowest BCUT2D eigenvalue weighted by Crippen LogP contribution is -2.31. The molecule has 0 saturated heterocycles. The molecule has 0 spiro atoms. The topological polar surface area (TPSA) is 51.2 Å². The number of rotatable bonds is 5. The summed E-state index contributed by atoms with van der Waals surface area (Å²) in [5.41, 5.74) is 0.561. The Labute approximate surface area is 128 Å². The first-order valence-electron chi connectivity index (χ1n) is 7.17. The van der Waals surface area contributed by atoms with Crippen molar-refractivity contribution in [3.05, 3.63) is 28.5 Å². The van der Waals surface area contributed by atoms with E-state index in [9.17, 15) is 4.79 Å². The van der Waals surface area contributed by atoms with E-state index < -0.39 is 0 Å². The van der Waals surface area contributed by atoms with Crippen LogP contribution in [0.15, 0.2) is 22.9 Å². The Kier molecular flexibility index (Phi) is 5.98. The molecule has 2 unspecified atom stereocenters. The van der Waals surface area contributed by atoms with Gasteiger partial charge < -0.3 is 10.1 Å². The summed E-state index contributed by atoms with van der Waals surface area (Å²) in [4.78, 5) is 15.9. The number of halogens is 1. The zero-order chi connectivity index (χ0) is 14.4. The van der Waals surface area contributed by atoms with E-state index >= 15 is 0 Å². The molecule has 20 heavy (non-hydrogen) atoms. The maximum atomic E-state index is 11.9. The first-order valence-corrected chi connectivity index (χ1v) is 7.96. The Morgan fingerprint density at radius 2 is 2.25 bits per heavy atom. The fraction of sp³-hybridized carbons (Fsp3) is 0.600. The molecule has 5 heteroatoms. The summed E-state index contributed by atoms with van der Waals surface area (Å²) < 4.78 is 6.67. The molecular weight excluding hydrogens is 320 g/mol. The van der Waals surface area contributed by atoms with Gasteiger partial charge in [-0.2, -0.15) is 0 Å². The van der Waals surface area contributed by atoms with Crippen LogP contribution in [0.5, 0.6) is 0 Å². The molecule has 1 fully saturated rings. The Balaban J connectivity index is 1.69. The molecule has 4 nitrogen and oxygen atoms in total. The minimum atomic E-state index is -0.112. The number of carbonyl (C=O) groups is 1. The van der Waals surface area contributed by atoms with E-state index in [4.69, 9.17) is 4.74 Å². The van der Waals surface area contributed by atoms with Crippen molar-refractivity contribution in [2.45, 2.75) is 38.7 Å². The lowest BCUT2D eigenvalue weighted by atomic mass is 9.88. The summed E-state index contributed by atoms with van der Waals surface area (Å²) in [5.74, 6) is 0.521. The van der Waals surface area contributed by atoms with E-state index in [2.05, 4.69) is 33.2 Å². The maximum Gasteiger partial charge on any atom is 0.252 e. The SMILES string of the molecule is CC1CCCCC1OCCNC(=O)c1cncc(Br)c1. The van der Waals surface area contributed by atoms with Crippen LogP contribution in [0.1, 0.15) is 43.0 Å². The molecule has 1 aliphatic rings.